The fraction of sp³-hybridized carbons (Fsp3) is 0.290. The van der Waals surface area contributed by atoms with Gasteiger partial charge in [0, 0.05) is 23.3 Å². The maximum atomic E-state index is 13.0. The lowest BCUT2D eigenvalue weighted by atomic mass is 9.98. The molecule has 1 aliphatic rings. The number of carbonyl (C=O) groups is 2. The number of amides is 2. The highest BCUT2D eigenvalue weighted by Crippen LogP contribution is 2.38. The first-order chi connectivity index (χ1) is 20.8. The zero-order chi connectivity index (χ0) is 30.3. The smallest absolute Gasteiger partial charge is 0.238 e. The number of hydrogen-bond donors (Lipinski definition) is 2. The van der Waals surface area contributed by atoms with E-state index in [4.69, 9.17) is 25.8 Å². The van der Waals surface area contributed by atoms with Gasteiger partial charge in [-0.1, -0.05) is 11.6 Å². The van der Waals surface area contributed by atoms with Crippen LogP contribution in [0, 0.1) is 11.7 Å². The number of nitrogens with zero attached hydrogens (tertiary/aromatic N) is 3. The summed E-state index contributed by atoms with van der Waals surface area (Å²) >= 11 is 6.44. The van der Waals surface area contributed by atoms with Crippen molar-refractivity contribution in [2.75, 3.05) is 44.5 Å². The average Bonchev–Trinajstić information content (AvgIpc) is 2.99. The van der Waals surface area contributed by atoms with Crippen molar-refractivity contribution in [2.45, 2.75) is 19.3 Å². The summed E-state index contributed by atoms with van der Waals surface area (Å²) in [6.07, 6.45) is 4.71. The molecular formula is C31H31ClFN5O5. The summed E-state index contributed by atoms with van der Waals surface area (Å²) in [7, 11) is 3.71. The number of pyridine rings is 2. The van der Waals surface area contributed by atoms with Gasteiger partial charge in [-0.15, -0.1) is 0 Å². The third kappa shape index (κ3) is 7.88. The number of benzene rings is 2. The number of ether oxygens (including phenoxy) is 3. The van der Waals surface area contributed by atoms with Crippen molar-refractivity contribution in [1.29, 1.82) is 0 Å². The monoisotopic (exact) mass is 607 g/mol. The van der Waals surface area contributed by atoms with E-state index in [1.54, 1.807) is 25.4 Å². The van der Waals surface area contributed by atoms with Crippen LogP contribution in [-0.4, -0.2) is 60.5 Å². The van der Waals surface area contributed by atoms with Gasteiger partial charge >= 0.3 is 0 Å². The maximum Gasteiger partial charge on any atom is 0.238 e. The number of rotatable bonds is 10. The van der Waals surface area contributed by atoms with Crippen LogP contribution < -0.4 is 24.8 Å². The van der Waals surface area contributed by atoms with Gasteiger partial charge in [0.05, 0.1) is 31.1 Å². The van der Waals surface area contributed by atoms with Crippen LogP contribution in [0.4, 0.5) is 15.8 Å². The zero-order valence-electron chi connectivity index (χ0n) is 23.7. The molecule has 224 valence electrons. The molecule has 5 rings (SSSR count). The van der Waals surface area contributed by atoms with E-state index in [0.29, 0.717) is 46.4 Å². The van der Waals surface area contributed by atoms with Gasteiger partial charge in [-0.3, -0.25) is 14.6 Å². The minimum atomic E-state index is -0.577. The highest BCUT2D eigenvalue weighted by Gasteiger charge is 2.19. The lowest BCUT2D eigenvalue weighted by molar-refractivity contribution is -0.123. The fourth-order valence-electron chi connectivity index (χ4n) is 4.69. The molecule has 1 saturated heterocycles. The summed E-state index contributed by atoms with van der Waals surface area (Å²) in [4.78, 5) is 35.6. The summed E-state index contributed by atoms with van der Waals surface area (Å²) in [5.74, 6) is 0.655. The number of piperidine rings is 1. The Kier molecular flexibility index (Phi) is 9.53. The average molecular weight is 608 g/mol. The third-order valence-corrected chi connectivity index (χ3v) is 7.32. The first kappa shape index (κ1) is 30.0. The second kappa shape index (κ2) is 13.7. The Bertz CT molecular complexity index is 1610. The molecule has 0 spiro atoms. The molecule has 0 atom stereocenters. The quantitative estimate of drug-likeness (QED) is 0.214. The van der Waals surface area contributed by atoms with Crippen molar-refractivity contribution in [3.8, 4) is 23.1 Å². The van der Waals surface area contributed by atoms with Crippen LogP contribution in [0.2, 0.25) is 5.02 Å². The van der Waals surface area contributed by atoms with Gasteiger partial charge in [0.25, 0.3) is 0 Å². The Morgan fingerprint density at radius 2 is 1.70 bits per heavy atom. The topological polar surface area (TPSA) is 115 Å². The number of fused-ring (bicyclic) bond motifs is 1. The first-order valence-corrected chi connectivity index (χ1v) is 14.1. The van der Waals surface area contributed by atoms with E-state index in [-0.39, 0.29) is 16.6 Å². The van der Waals surface area contributed by atoms with Crippen molar-refractivity contribution in [3.63, 3.8) is 0 Å². The zero-order valence-corrected chi connectivity index (χ0v) is 24.5. The fourth-order valence-corrected chi connectivity index (χ4v) is 4.89. The molecule has 0 aliphatic carbocycles. The second-order valence-corrected chi connectivity index (χ2v) is 10.7. The van der Waals surface area contributed by atoms with Gasteiger partial charge in [0.2, 0.25) is 17.7 Å². The summed E-state index contributed by atoms with van der Waals surface area (Å²) in [5, 5.41) is 5.93. The van der Waals surface area contributed by atoms with Crippen LogP contribution in [0.25, 0.3) is 10.9 Å². The van der Waals surface area contributed by atoms with Crippen molar-refractivity contribution < 1.29 is 28.2 Å². The largest absolute Gasteiger partial charge is 0.493 e. The molecule has 10 nitrogen and oxygen atoms in total. The number of likely N-dealkylation sites (tertiary alicyclic amines) is 1. The number of anilines is 2. The predicted octanol–water partition coefficient (Wildman–Crippen LogP) is 5.91. The van der Waals surface area contributed by atoms with Gasteiger partial charge in [0.15, 0.2) is 11.5 Å². The Hall–Kier alpha value is -4.48. The van der Waals surface area contributed by atoms with E-state index in [1.807, 2.05) is 6.07 Å². The molecule has 0 bridgehead atoms. The number of hydrogen-bond acceptors (Lipinski definition) is 8. The van der Waals surface area contributed by atoms with E-state index in [9.17, 15) is 14.0 Å². The van der Waals surface area contributed by atoms with Crippen molar-refractivity contribution >= 4 is 45.7 Å². The Morgan fingerprint density at radius 3 is 2.40 bits per heavy atom. The third-order valence-electron chi connectivity index (χ3n) is 7.05. The number of carbonyl (C=O) groups excluding carboxylic acids is 2. The molecule has 2 aromatic carbocycles. The minimum Gasteiger partial charge on any atom is -0.493 e. The molecule has 4 aromatic rings. The Balaban J connectivity index is 1.23. The second-order valence-electron chi connectivity index (χ2n) is 10.3. The Morgan fingerprint density at radius 1 is 0.977 bits per heavy atom. The molecule has 2 N–H and O–H groups in total. The van der Waals surface area contributed by atoms with E-state index in [1.165, 1.54) is 36.5 Å². The molecule has 1 fully saturated rings. The first-order valence-electron chi connectivity index (χ1n) is 13.7. The van der Waals surface area contributed by atoms with Crippen LogP contribution in [0.3, 0.4) is 0 Å². The number of nitrogens with one attached hydrogen (secondary N) is 2. The minimum absolute atomic E-state index is 0.114. The SMILES string of the molecule is COc1cc2c(Oc3ncc(NC(=O)CC(=O)Nc4ccc(F)cc4)cc3Cl)ccnc2cc1OCC1CCN(C)CC1. The van der Waals surface area contributed by atoms with E-state index in [2.05, 4.69) is 32.5 Å². The van der Waals surface area contributed by atoms with E-state index >= 15 is 0 Å². The Labute approximate surface area is 253 Å². The van der Waals surface area contributed by atoms with Crippen molar-refractivity contribution in [2.24, 2.45) is 5.92 Å². The van der Waals surface area contributed by atoms with Gasteiger partial charge in [-0.05, 0) is 81.4 Å². The standard InChI is InChI=1S/C31H31ClFN5O5/c1-38-11-8-19(9-12-38)18-42-28-15-25-23(14-27(28)41-2)26(7-10-34-25)43-31-24(32)13-22(17-35-31)37-30(40)16-29(39)36-21-5-3-20(33)4-6-21/h3-7,10,13-15,17,19H,8-9,11-12,16,18H2,1-2H3,(H,36,39)(H,37,40). The van der Waals surface area contributed by atoms with Crippen molar-refractivity contribution in [1.82, 2.24) is 14.9 Å². The lowest BCUT2D eigenvalue weighted by Gasteiger charge is -2.28. The normalized spacial score (nSPS) is 13.9. The van der Waals surface area contributed by atoms with E-state index in [0.717, 1.165) is 25.9 Å². The highest BCUT2D eigenvalue weighted by atomic mass is 35.5. The molecule has 43 heavy (non-hydrogen) atoms. The summed E-state index contributed by atoms with van der Waals surface area (Å²) in [6, 6.07) is 12.0. The van der Waals surface area contributed by atoms with E-state index < -0.39 is 24.1 Å². The van der Waals surface area contributed by atoms with Crippen molar-refractivity contribution in [3.05, 3.63) is 71.8 Å². The molecule has 1 aliphatic heterocycles. The highest BCUT2D eigenvalue weighted by molar-refractivity contribution is 6.32. The predicted molar refractivity (Wildman–Crippen MR) is 162 cm³/mol. The molecule has 3 heterocycles. The van der Waals surface area contributed by atoms with Gasteiger partial charge in [-0.2, -0.15) is 0 Å². The van der Waals surface area contributed by atoms with Crippen LogP contribution in [-0.2, 0) is 9.59 Å². The molecule has 0 unspecified atom stereocenters. The lowest BCUT2D eigenvalue weighted by Crippen LogP contribution is -2.32. The van der Waals surface area contributed by atoms with Gasteiger partial charge in [-0.25, -0.2) is 9.37 Å². The molecule has 12 heteroatoms. The van der Waals surface area contributed by atoms with Gasteiger partial charge in [0.1, 0.15) is 23.0 Å². The van der Waals surface area contributed by atoms with Gasteiger partial charge < -0.3 is 29.7 Å². The summed E-state index contributed by atoms with van der Waals surface area (Å²) < 4.78 is 30.9. The number of halogens is 2. The number of aromatic nitrogens is 2. The van der Waals surface area contributed by atoms with Crippen LogP contribution in [0.1, 0.15) is 19.3 Å². The summed E-state index contributed by atoms with van der Waals surface area (Å²) in [5.41, 5.74) is 1.31. The van der Waals surface area contributed by atoms with Crippen LogP contribution in [0.5, 0.6) is 23.1 Å². The van der Waals surface area contributed by atoms with Crippen LogP contribution >= 0.6 is 11.6 Å². The maximum absolute atomic E-state index is 13.0. The number of methoxy groups -OCH3 is 1. The molecule has 2 amide bonds. The molecule has 0 saturated carbocycles. The van der Waals surface area contributed by atoms with Crippen LogP contribution in [0.15, 0.2) is 60.9 Å². The molecular weight excluding hydrogens is 577 g/mol. The summed E-state index contributed by atoms with van der Waals surface area (Å²) in [6.45, 7) is 2.73. The molecule has 0 radical (unpaired) electrons. The molecule has 2 aromatic heterocycles.